The highest BCUT2D eigenvalue weighted by Crippen LogP contribution is 2.64. The van der Waals surface area contributed by atoms with Gasteiger partial charge in [0.1, 0.15) is 30.2 Å². The van der Waals surface area contributed by atoms with Crippen molar-refractivity contribution in [1.29, 1.82) is 0 Å². The van der Waals surface area contributed by atoms with Gasteiger partial charge >= 0.3 is 6.80 Å². The number of nitrogen functional groups attached to an aromatic ring is 1. The molecule has 2 aromatic heterocycles. The molecule has 2 aliphatic heterocycles. The van der Waals surface area contributed by atoms with Crippen LogP contribution < -0.4 is 5.73 Å². The van der Waals surface area contributed by atoms with Crippen molar-refractivity contribution in [2.24, 2.45) is 0 Å². The lowest BCUT2D eigenvalue weighted by atomic mass is 10.1. The summed E-state index contributed by atoms with van der Waals surface area (Å²) in [5, 5.41) is 10.6. The molecule has 124 valence electrons. The SMILES string of the molecule is CSP1(=O)OC[C@H]2O[C@@H](n3cnc4c(N)ncnc43)C(O)C2O1. The van der Waals surface area contributed by atoms with Crippen LogP contribution in [-0.2, 0) is 18.3 Å². The number of rotatable bonds is 2. The summed E-state index contributed by atoms with van der Waals surface area (Å²) >= 11 is 0.990. The normalized spacial score (nSPS) is 37.1. The van der Waals surface area contributed by atoms with Crippen LogP contribution in [0.3, 0.4) is 0 Å². The number of nitrogens with two attached hydrogens (primary N) is 1. The minimum absolute atomic E-state index is 0.0834. The van der Waals surface area contributed by atoms with Crippen molar-refractivity contribution in [3.63, 3.8) is 0 Å². The summed E-state index contributed by atoms with van der Waals surface area (Å²) in [6, 6.07) is 0. The molecule has 2 saturated heterocycles. The zero-order chi connectivity index (χ0) is 16.2. The Kier molecular flexibility index (Phi) is 3.59. The first-order valence-electron chi connectivity index (χ1n) is 6.77. The van der Waals surface area contributed by atoms with E-state index in [2.05, 4.69) is 15.0 Å². The van der Waals surface area contributed by atoms with Gasteiger partial charge in [-0.1, -0.05) is 0 Å². The van der Waals surface area contributed by atoms with Crippen molar-refractivity contribution < 1.29 is 23.5 Å². The summed E-state index contributed by atoms with van der Waals surface area (Å²) in [4.78, 5) is 12.2. The number of aromatic nitrogens is 4. The molecular formula is C11H14N5O5PS. The summed E-state index contributed by atoms with van der Waals surface area (Å²) in [6.45, 7) is -3.17. The van der Waals surface area contributed by atoms with E-state index in [1.807, 2.05) is 0 Å². The number of imidazole rings is 1. The molecule has 3 N–H and O–H groups in total. The molecule has 2 aromatic rings. The second kappa shape index (κ2) is 5.40. The van der Waals surface area contributed by atoms with Crippen molar-refractivity contribution >= 4 is 35.2 Å². The van der Waals surface area contributed by atoms with Gasteiger partial charge in [-0.05, 0) is 17.6 Å². The number of fused-ring (bicyclic) bond motifs is 2. The van der Waals surface area contributed by atoms with Crippen molar-refractivity contribution in [3.05, 3.63) is 12.7 Å². The highest BCUT2D eigenvalue weighted by Gasteiger charge is 2.52. The molecule has 23 heavy (non-hydrogen) atoms. The Morgan fingerprint density at radius 3 is 3.09 bits per heavy atom. The molecule has 0 aliphatic carbocycles. The highest BCUT2D eigenvalue weighted by atomic mass is 32.7. The molecule has 12 heteroatoms. The lowest BCUT2D eigenvalue weighted by molar-refractivity contribution is -0.0562. The van der Waals surface area contributed by atoms with Gasteiger partial charge in [0.15, 0.2) is 17.7 Å². The number of aliphatic hydroxyl groups excluding tert-OH is 1. The highest BCUT2D eigenvalue weighted by molar-refractivity contribution is 8.54. The third kappa shape index (κ3) is 2.35. The van der Waals surface area contributed by atoms with E-state index in [-0.39, 0.29) is 12.4 Å². The van der Waals surface area contributed by atoms with Crippen molar-refractivity contribution in [1.82, 2.24) is 19.5 Å². The van der Waals surface area contributed by atoms with Crippen LogP contribution in [0.2, 0.25) is 0 Å². The molecule has 10 nitrogen and oxygen atoms in total. The third-order valence-electron chi connectivity index (χ3n) is 3.84. The monoisotopic (exact) mass is 359 g/mol. The van der Waals surface area contributed by atoms with Gasteiger partial charge in [-0.15, -0.1) is 0 Å². The fourth-order valence-corrected chi connectivity index (χ4v) is 4.91. The first kappa shape index (κ1) is 15.3. The van der Waals surface area contributed by atoms with E-state index in [9.17, 15) is 9.67 Å². The van der Waals surface area contributed by atoms with E-state index >= 15 is 0 Å². The van der Waals surface area contributed by atoms with E-state index in [1.54, 1.807) is 10.8 Å². The average molecular weight is 359 g/mol. The molecule has 0 aromatic carbocycles. The molecule has 5 atom stereocenters. The minimum atomic E-state index is -3.25. The van der Waals surface area contributed by atoms with Crippen LogP contribution in [0, 0.1) is 0 Å². The van der Waals surface area contributed by atoms with E-state index in [1.165, 1.54) is 12.7 Å². The molecule has 0 amide bonds. The van der Waals surface area contributed by atoms with E-state index < -0.39 is 31.3 Å². The Labute approximate surface area is 134 Å². The second-order valence-electron chi connectivity index (χ2n) is 5.13. The quantitative estimate of drug-likeness (QED) is 0.732. The molecule has 4 heterocycles. The zero-order valence-corrected chi connectivity index (χ0v) is 13.7. The summed E-state index contributed by atoms with van der Waals surface area (Å²) in [5.41, 5.74) is 6.62. The van der Waals surface area contributed by atoms with Gasteiger partial charge < -0.3 is 15.6 Å². The molecule has 4 rings (SSSR count). The van der Waals surface area contributed by atoms with E-state index in [4.69, 9.17) is 19.5 Å². The number of hydrogen-bond acceptors (Lipinski definition) is 10. The zero-order valence-electron chi connectivity index (χ0n) is 12.0. The van der Waals surface area contributed by atoms with Crippen LogP contribution in [0.25, 0.3) is 11.2 Å². The Hall–Kier alpha value is -1.23. The minimum Gasteiger partial charge on any atom is -0.386 e. The number of ether oxygens (including phenoxy) is 1. The van der Waals surface area contributed by atoms with Crippen molar-refractivity contribution in [2.75, 3.05) is 18.6 Å². The van der Waals surface area contributed by atoms with E-state index in [0.29, 0.717) is 11.2 Å². The van der Waals surface area contributed by atoms with Gasteiger partial charge in [0.25, 0.3) is 0 Å². The van der Waals surface area contributed by atoms with Gasteiger partial charge in [-0.3, -0.25) is 13.6 Å². The van der Waals surface area contributed by atoms with Gasteiger partial charge in [-0.2, -0.15) is 0 Å². The molecule has 3 unspecified atom stereocenters. The Morgan fingerprint density at radius 2 is 2.30 bits per heavy atom. The van der Waals surface area contributed by atoms with Gasteiger partial charge in [0, 0.05) is 0 Å². The topological polar surface area (TPSA) is 135 Å². The predicted octanol–water partition coefficient (Wildman–Crippen LogP) is 0.553. The molecule has 0 radical (unpaired) electrons. The largest absolute Gasteiger partial charge is 0.389 e. The Bertz CT molecular complexity index is 802. The van der Waals surface area contributed by atoms with Crippen LogP contribution in [0.4, 0.5) is 5.82 Å². The van der Waals surface area contributed by atoms with Crippen molar-refractivity contribution in [3.8, 4) is 0 Å². The fraction of sp³-hybridized carbons (Fsp3) is 0.545. The Morgan fingerprint density at radius 1 is 1.48 bits per heavy atom. The number of aliphatic hydroxyl groups is 1. The van der Waals surface area contributed by atoms with Gasteiger partial charge in [-0.25, -0.2) is 19.5 Å². The Balaban J connectivity index is 1.68. The van der Waals surface area contributed by atoms with Crippen LogP contribution >= 0.6 is 18.2 Å². The van der Waals surface area contributed by atoms with Crippen LogP contribution in [0.1, 0.15) is 6.23 Å². The molecule has 0 bridgehead atoms. The summed E-state index contributed by atoms with van der Waals surface area (Å²) in [5.74, 6) is 0.241. The van der Waals surface area contributed by atoms with E-state index in [0.717, 1.165) is 11.4 Å². The van der Waals surface area contributed by atoms with Gasteiger partial charge in [0.2, 0.25) is 0 Å². The fourth-order valence-electron chi connectivity index (χ4n) is 2.71. The lowest BCUT2D eigenvalue weighted by Crippen LogP contribution is -2.38. The van der Waals surface area contributed by atoms with Gasteiger partial charge in [0.05, 0.1) is 12.9 Å². The predicted molar refractivity (Wildman–Crippen MR) is 81.6 cm³/mol. The maximum Gasteiger partial charge on any atom is 0.389 e. The maximum atomic E-state index is 12.2. The number of nitrogens with zero attached hydrogens (tertiary/aromatic N) is 4. The van der Waals surface area contributed by atoms with Crippen LogP contribution in [-0.4, -0.2) is 55.8 Å². The van der Waals surface area contributed by atoms with Crippen LogP contribution in [0.5, 0.6) is 0 Å². The molecule has 2 aliphatic rings. The van der Waals surface area contributed by atoms with Crippen molar-refractivity contribution in [2.45, 2.75) is 24.5 Å². The molecule has 2 fully saturated rings. The maximum absolute atomic E-state index is 12.2. The summed E-state index contributed by atoms with van der Waals surface area (Å²) in [7, 11) is 0. The number of anilines is 1. The first-order valence-corrected chi connectivity index (χ1v) is 10.1. The third-order valence-corrected chi connectivity index (χ3v) is 7.17. The van der Waals surface area contributed by atoms with Crippen LogP contribution in [0.15, 0.2) is 12.7 Å². The standard InChI is InChI=1S/C11H14N5O5PS/c1-23-22(18)19-2-5-8(21-22)7(17)11(20-5)16-4-15-6-9(12)13-3-14-10(6)16/h3-5,7-8,11,17H,2H2,1H3,(H2,12,13,14)/t5-,7?,8?,11-,22?/m1/s1. The first-order chi connectivity index (χ1) is 11.0. The average Bonchev–Trinajstić information content (AvgIpc) is 3.10. The molecular weight excluding hydrogens is 345 g/mol. The lowest BCUT2D eigenvalue weighted by Gasteiger charge is -2.30. The second-order valence-corrected chi connectivity index (χ2v) is 9.30. The number of hydrogen-bond donors (Lipinski definition) is 2. The summed E-state index contributed by atoms with van der Waals surface area (Å²) < 4.78 is 30.3. The smallest absolute Gasteiger partial charge is 0.386 e. The molecule has 0 spiro atoms. The molecule has 0 saturated carbocycles. The summed E-state index contributed by atoms with van der Waals surface area (Å²) in [6.07, 6.45) is 1.30.